The van der Waals surface area contributed by atoms with Crippen LogP contribution in [-0.2, 0) is 0 Å². The van der Waals surface area contributed by atoms with Gasteiger partial charge in [0.15, 0.2) is 0 Å². The van der Waals surface area contributed by atoms with Crippen molar-refractivity contribution >= 4 is 23.1 Å². The van der Waals surface area contributed by atoms with Crippen LogP contribution in [0.1, 0.15) is 27.0 Å². The maximum Gasteiger partial charge on any atom is 0.258 e. The second kappa shape index (κ2) is 10.9. The van der Waals surface area contributed by atoms with Gasteiger partial charge in [0.25, 0.3) is 5.91 Å². The predicted molar refractivity (Wildman–Crippen MR) is 140 cm³/mol. The van der Waals surface area contributed by atoms with E-state index in [1.807, 2.05) is 128 Å². The van der Waals surface area contributed by atoms with E-state index in [1.165, 1.54) is 0 Å². The zero-order valence-electron chi connectivity index (χ0n) is 19.3. The van der Waals surface area contributed by atoms with E-state index in [9.17, 15) is 4.79 Å². The fraction of sp³-hybridized carbons (Fsp3) is 0.0667. The zero-order valence-corrected chi connectivity index (χ0v) is 19.3. The molecule has 0 saturated carbocycles. The molecule has 1 N–H and O–H groups in total. The average Bonchev–Trinajstić information content (AvgIpc) is 2.92. The van der Waals surface area contributed by atoms with Gasteiger partial charge in [0, 0.05) is 36.3 Å². The number of hydrogen-bond donors (Lipinski definition) is 1. The van der Waals surface area contributed by atoms with E-state index >= 15 is 0 Å². The number of aliphatic imine (C=N–C) groups is 1. The monoisotopic (exact) mass is 445 g/mol. The van der Waals surface area contributed by atoms with Gasteiger partial charge in [-0.15, -0.1) is 0 Å². The Labute approximate surface area is 200 Å². The summed E-state index contributed by atoms with van der Waals surface area (Å²) < 4.78 is 0. The van der Waals surface area contributed by atoms with Crippen molar-refractivity contribution in [3.8, 4) is 0 Å². The molecule has 4 heteroatoms. The number of amides is 1. The van der Waals surface area contributed by atoms with Gasteiger partial charge < -0.3 is 10.2 Å². The summed E-state index contributed by atoms with van der Waals surface area (Å²) in [5.41, 5.74) is 5.01. The van der Waals surface area contributed by atoms with Crippen molar-refractivity contribution in [2.45, 2.75) is 0 Å². The first-order valence-corrected chi connectivity index (χ1v) is 11.2. The molecule has 0 aliphatic carbocycles. The van der Waals surface area contributed by atoms with Gasteiger partial charge in [-0.05, 0) is 12.1 Å². The Morgan fingerprint density at radius 1 is 0.618 bits per heavy atom. The molecule has 0 atom stereocenters. The van der Waals surface area contributed by atoms with E-state index in [-0.39, 0.29) is 5.91 Å². The lowest BCUT2D eigenvalue weighted by Gasteiger charge is -2.26. The van der Waals surface area contributed by atoms with Gasteiger partial charge in [-0.1, -0.05) is 109 Å². The van der Waals surface area contributed by atoms with Gasteiger partial charge in [0.2, 0.25) is 0 Å². The minimum Gasteiger partial charge on any atom is -0.338 e. The molecule has 1 amide bonds. The Morgan fingerprint density at radius 3 is 1.50 bits per heavy atom. The Balaban J connectivity index is 1.92. The Kier molecular flexibility index (Phi) is 7.31. The molecule has 0 aromatic heterocycles. The van der Waals surface area contributed by atoms with E-state index in [1.54, 1.807) is 11.9 Å². The molecule has 4 aromatic carbocycles. The van der Waals surface area contributed by atoms with E-state index in [2.05, 4.69) is 10.3 Å². The maximum atomic E-state index is 13.6. The van der Waals surface area contributed by atoms with Crippen molar-refractivity contribution in [1.29, 1.82) is 0 Å². The fourth-order valence-electron chi connectivity index (χ4n) is 3.82. The molecule has 0 radical (unpaired) electrons. The highest BCUT2D eigenvalue weighted by atomic mass is 16.2. The molecule has 0 bridgehead atoms. The van der Waals surface area contributed by atoms with Crippen LogP contribution >= 0.6 is 0 Å². The van der Waals surface area contributed by atoms with Crippen molar-refractivity contribution < 1.29 is 4.79 Å². The molecule has 34 heavy (non-hydrogen) atoms. The summed E-state index contributed by atoms with van der Waals surface area (Å²) in [7, 11) is 3.58. The van der Waals surface area contributed by atoms with E-state index in [0.29, 0.717) is 11.4 Å². The van der Waals surface area contributed by atoms with Crippen LogP contribution in [0.2, 0.25) is 0 Å². The molecule has 0 aliphatic heterocycles. The van der Waals surface area contributed by atoms with Crippen molar-refractivity contribution in [3.63, 3.8) is 0 Å². The molecule has 4 nitrogen and oxygen atoms in total. The number of benzene rings is 4. The smallest absolute Gasteiger partial charge is 0.258 e. The van der Waals surface area contributed by atoms with E-state index in [0.717, 1.165) is 28.1 Å². The number of nitrogens with one attached hydrogen (secondary N) is 1. The summed E-state index contributed by atoms with van der Waals surface area (Å²) in [5, 5.41) is 3.56. The van der Waals surface area contributed by atoms with Crippen LogP contribution in [0.25, 0.3) is 11.4 Å². The summed E-state index contributed by atoms with van der Waals surface area (Å²) in [6.07, 6.45) is 0. The summed E-state index contributed by atoms with van der Waals surface area (Å²) in [5.74, 6) is 0.623. The zero-order chi connectivity index (χ0) is 23.8. The SMILES string of the molecule is CN=C(N/C(=C(\c1ccccc1)N(C)C(=O)c1ccccc1)c1ccccc1)c1ccccc1. The largest absolute Gasteiger partial charge is 0.338 e. The number of carbonyl (C=O) groups excluding carboxylic acids is 1. The minimum absolute atomic E-state index is 0.0932. The molecule has 168 valence electrons. The molecule has 0 unspecified atom stereocenters. The number of hydrogen-bond acceptors (Lipinski definition) is 2. The second-order valence-electron chi connectivity index (χ2n) is 7.75. The highest BCUT2D eigenvalue weighted by Gasteiger charge is 2.23. The van der Waals surface area contributed by atoms with Crippen LogP contribution in [0.4, 0.5) is 0 Å². The van der Waals surface area contributed by atoms with Gasteiger partial charge in [0.05, 0.1) is 11.4 Å². The average molecular weight is 446 g/mol. The molecule has 0 aliphatic rings. The molecule has 4 rings (SSSR count). The summed E-state index contributed by atoms with van der Waals surface area (Å²) in [6, 6.07) is 39.3. The van der Waals surface area contributed by atoms with Crippen LogP contribution < -0.4 is 5.32 Å². The third-order valence-corrected chi connectivity index (χ3v) is 5.52. The van der Waals surface area contributed by atoms with Crippen molar-refractivity contribution in [2.75, 3.05) is 14.1 Å². The topological polar surface area (TPSA) is 44.7 Å². The van der Waals surface area contributed by atoms with Crippen LogP contribution in [0.3, 0.4) is 0 Å². The molecular weight excluding hydrogens is 418 g/mol. The number of nitrogens with zero attached hydrogens (tertiary/aromatic N) is 2. The Morgan fingerprint density at radius 2 is 1.03 bits per heavy atom. The van der Waals surface area contributed by atoms with E-state index < -0.39 is 0 Å². The van der Waals surface area contributed by atoms with Crippen LogP contribution in [0.15, 0.2) is 126 Å². The number of amidine groups is 1. The van der Waals surface area contributed by atoms with Crippen molar-refractivity contribution in [2.24, 2.45) is 4.99 Å². The third kappa shape index (κ3) is 5.13. The van der Waals surface area contributed by atoms with Crippen molar-refractivity contribution in [1.82, 2.24) is 10.2 Å². The van der Waals surface area contributed by atoms with Gasteiger partial charge in [-0.2, -0.15) is 0 Å². The lowest BCUT2D eigenvalue weighted by atomic mass is 10.0. The molecule has 0 heterocycles. The quantitative estimate of drug-likeness (QED) is 0.226. The number of rotatable bonds is 6. The molecule has 0 fully saturated rings. The van der Waals surface area contributed by atoms with E-state index in [4.69, 9.17) is 0 Å². The normalized spacial score (nSPS) is 12.0. The predicted octanol–water partition coefficient (Wildman–Crippen LogP) is 5.95. The van der Waals surface area contributed by atoms with Gasteiger partial charge in [-0.25, -0.2) is 0 Å². The Bertz CT molecular complexity index is 1280. The highest BCUT2D eigenvalue weighted by Crippen LogP contribution is 2.29. The van der Waals surface area contributed by atoms with Crippen LogP contribution in [0.5, 0.6) is 0 Å². The van der Waals surface area contributed by atoms with Gasteiger partial charge in [-0.3, -0.25) is 9.79 Å². The fourth-order valence-corrected chi connectivity index (χ4v) is 3.82. The molecule has 0 saturated heterocycles. The Hall–Kier alpha value is -4.44. The summed E-state index contributed by atoms with van der Waals surface area (Å²) in [6.45, 7) is 0. The highest BCUT2D eigenvalue weighted by molar-refractivity contribution is 6.09. The van der Waals surface area contributed by atoms with Crippen LogP contribution in [0, 0.1) is 0 Å². The second-order valence-corrected chi connectivity index (χ2v) is 7.75. The molecular formula is C30H27N3O. The van der Waals surface area contributed by atoms with Crippen molar-refractivity contribution in [3.05, 3.63) is 144 Å². The lowest BCUT2D eigenvalue weighted by Crippen LogP contribution is -2.31. The van der Waals surface area contributed by atoms with Gasteiger partial charge in [0.1, 0.15) is 5.84 Å². The number of carbonyl (C=O) groups is 1. The first kappa shape index (κ1) is 22.7. The first-order valence-electron chi connectivity index (χ1n) is 11.2. The molecule has 4 aromatic rings. The standard InChI is InChI=1S/C30H27N3O/c1-31-29(25-19-11-5-12-20-25)32-27(23-15-7-3-8-16-23)28(24-17-9-4-10-18-24)33(2)30(34)26-21-13-6-14-22-26/h3-22H,1-2H3,(H,31,32)/b28-27+. The summed E-state index contributed by atoms with van der Waals surface area (Å²) in [4.78, 5) is 19.8. The first-order chi connectivity index (χ1) is 16.7. The maximum absolute atomic E-state index is 13.6. The minimum atomic E-state index is -0.0932. The third-order valence-electron chi connectivity index (χ3n) is 5.52. The summed E-state index contributed by atoms with van der Waals surface area (Å²) >= 11 is 0. The van der Waals surface area contributed by atoms with Gasteiger partial charge >= 0.3 is 0 Å². The molecule has 0 spiro atoms. The lowest BCUT2D eigenvalue weighted by molar-refractivity contribution is 0.0861. The van der Waals surface area contributed by atoms with Crippen LogP contribution in [-0.4, -0.2) is 30.7 Å².